The highest BCUT2D eigenvalue weighted by Crippen LogP contribution is 2.38. The van der Waals surface area contributed by atoms with Crippen molar-refractivity contribution in [1.82, 2.24) is 9.79 Å². The van der Waals surface area contributed by atoms with Crippen LogP contribution in [0.4, 0.5) is 0 Å². The molecule has 10 heteroatoms. The van der Waals surface area contributed by atoms with Crippen LogP contribution < -0.4 is 10.2 Å². The van der Waals surface area contributed by atoms with Gasteiger partial charge in [-0.3, -0.25) is 10.0 Å². The van der Waals surface area contributed by atoms with Crippen LogP contribution in [0.1, 0.15) is 13.8 Å². The lowest BCUT2D eigenvalue weighted by molar-refractivity contribution is -0.134. The number of aliphatic hydroxyl groups is 1. The minimum Gasteiger partial charge on any atom is -0.481 e. The molecule has 0 spiro atoms. The van der Waals surface area contributed by atoms with E-state index in [9.17, 15) is 13.2 Å². The van der Waals surface area contributed by atoms with Gasteiger partial charge in [-0.05, 0) is 55.9 Å². The third-order valence-electron chi connectivity index (χ3n) is 4.15. The van der Waals surface area contributed by atoms with Crippen molar-refractivity contribution >= 4 is 27.7 Å². The molecule has 3 N–H and O–H groups in total. The smallest absolute Gasteiger partial charge is 0.263 e. The normalized spacial score (nSPS) is 18.6. The molecule has 0 radical (unpaired) electrons. The number of carbonyl (C=O) groups excluding carboxylic acids is 1. The Morgan fingerprint density at radius 2 is 1.97 bits per heavy atom. The summed E-state index contributed by atoms with van der Waals surface area (Å²) in [5.74, 6) is 10.1. The average Bonchev–Trinajstić information content (AvgIpc) is 2.69. The van der Waals surface area contributed by atoms with Gasteiger partial charge in [-0.2, -0.15) is 16.1 Å². The summed E-state index contributed by atoms with van der Waals surface area (Å²) >= 11 is 1.47. The van der Waals surface area contributed by atoms with Crippen LogP contribution in [-0.4, -0.2) is 65.2 Å². The molecule has 8 nitrogen and oxygen atoms in total. The second-order valence-electron chi connectivity index (χ2n) is 6.47. The van der Waals surface area contributed by atoms with Crippen LogP contribution in [0.3, 0.4) is 0 Å². The lowest BCUT2D eigenvalue weighted by Gasteiger charge is -2.43. The highest BCUT2D eigenvalue weighted by Gasteiger charge is 2.48. The molecule has 0 bridgehead atoms. The van der Waals surface area contributed by atoms with Crippen LogP contribution in [0.25, 0.3) is 0 Å². The summed E-state index contributed by atoms with van der Waals surface area (Å²) in [6.07, 6.45) is 0. The van der Waals surface area contributed by atoms with Gasteiger partial charge in [0.2, 0.25) is 10.0 Å². The first-order valence-electron chi connectivity index (χ1n) is 8.63. The maximum atomic E-state index is 13.1. The van der Waals surface area contributed by atoms with Crippen LogP contribution in [0, 0.1) is 23.7 Å². The van der Waals surface area contributed by atoms with Gasteiger partial charge in [-0.1, -0.05) is 5.92 Å². The van der Waals surface area contributed by atoms with Gasteiger partial charge in [-0.25, -0.2) is 13.9 Å². The van der Waals surface area contributed by atoms with Crippen molar-refractivity contribution in [1.29, 1.82) is 0 Å². The number of carbonyl (C=O) groups is 1. The molecular weight excluding hydrogens is 416 g/mol. The number of nitrogens with one attached hydrogen (secondary N) is 1. The van der Waals surface area contributed by atoms with Gasteiger partial charge in [-0.15, -0.1) is 0 Å². The Morgan fingerprint density at radius 3 is 2.59 bits per heavy atom. The number of thioether (sulfide) groups is 1. The second kappa shape index (κ2) is 10.0. The number of benzene rings is 1. The molecule has 0 aliphatic carbocycles. The molecule has 1 aromatic carbocycles. The van der Waals surface area contributed by atoms with E-state index in [2.05, 4.69) is 23.7 Å². The van der Waals surface area contributed by atoms with Crippen LogP contribution >= 0.6 is 11.8 Å². The summed E-state index contributed by atoms with van der Waals surface area (Å²) in [4.78, 5) is 12.2. The van der Waals surface area contributed by atoms with Gasteiger partial charge in [0.25, 0.3) is 5.91 Å². The second-order valence-corrected chi connectivity index (χ2v) is 10.1. The molecule has 1 amide bonds. The van der Waals surface area contributed by atoms with Gasteiger partial charge in [0, 0.05) is 17.0 Å². The number of ether oxygens (including phenoxy) is 1. The highest BCUT2D eigenvalue weighted by atomic mass is 32.2. The number of nitrogens with zero attached hydrogens (tertiary/aromatic N) is 1. The van der Waals surface area contributed by atoms with Gasteiger partial charge in [0.15, 0.2) is 0 Å². The topological polar surface area (TPSA) is 116 Å². The maximum absolute atomic E-state index is 13.1. The number of sulfonamides is 1. The zero-order valence-corrected chi connectivity index (χ0v) is 17.6. The van der Waals surface area contributed by atoms with Crippen molar-refractivity contribution in [2.24, 2.45) is 0 Å². The Labute approximate surface area is 174 Å². The third-order valence-corrected chi connectivity index (χ3v) is 7.38. The molecule has 1 aliphatic heterocycles. The van der Waals surface area contributed by atoms with Crippen LogP contribution in [0.5, 0.6) is 5.75 Å². The number of aliphatic hydroxyl groups excluding tert-OH is 1. The first-order chi connectivity index (χ1) is 13.7. The van der Waals surface area contributed by atoms with Crippen LogP contribution in [-0.2, 0) is 14.8 Å². The Balaban J connectivity index is 2.19. The summed E-state index contributed by atoms with van der Waals surface area (Å²) in [7, 11) is -3.97. The van der Waals surface area contributed by atoms with Crippen molar-refractivity contribution < 1.29 is 28.3 Å². The summed E-state index contributed by atoms with van der Waals surface area (Å²) in [6, 6.07) is 4.73. The highest BCUT2D eigenvalue weighted by molar-refractivity contribution is 8.00. The zero-order chi connectivity index (χ0) is 21.5. The number of amides is 1. The largest absolute Gasteiger partial charge is 0.481 e. The first kappa shape index (κ1) is 23.1. The van der Waals surface area contributed by atoms with E-state index in [1.807, 2.05) is 0 Å². The van der Waals surface area contributed by atoms with E-state index in [0.717, 1.165) is 4.31 Å². The van der Waals surface area contributed by atoms with E-state index in [1.165, 1.54) is 36.0 Å². The van der Waals surface area contributed by atoms with E-state index in [0.29, 0.717) is 11.5 Å². The predicted molar refractivity (Wildman–Crippen MR) is 109 cm³/mol. The standard InChI is InChI=1S/C19H22N2O6S2/c1-19(2)17(18(23)20-24)21(11-14-28-19)29(25,26)16-9-7-15(8-10-16)27-13-6-4-3-5-12-22/h7-10,17,22,24H,11-14H2,1-2H3,(H,20,23)/t17-/m0/s1. The van der Waals surface area contributed by atoms with E-state index >= 15 is 0 Å². The minimum atomic E-state index is -3.97. The lowest BCUT2D eigenvalue weighted by Crippen LogP contribution is -2.61. The van der Waals surface area contributed by atoms with E-state index in [-0.39, 0.29) is 24.7 Å². The molecule has 1 aliphatic rings. The summed E-state index contributed by atoms with van der Waals surface area (Å²) < 4.78 is 32.1. The van der Waals surface area contributed by atoms with Crippen molar-refractivity contribution in [2.75, 3.05) is 25.5 Å². The van der Waals surface area contributed by atoms with Gasteiger partial charge in [0.1, 0.15) is 25.0 Å². The number of hydroxylamine groups is 1. The zero-order valence-electron chi connectivity index (χ0n) is 16.0. The molecule has 156 valence electrons. The van der Waals surface area contributed by atoms with Crippen molar-refractivity contribution in [3.63, 3.8) is 0 Å². The Hall–Kier alpha value is -2.21. The van der Waals surface area contributed by atoms with E-state index in [4.69, 9.17) is 15.1 Å². The summed E-state index contributed by atoms with van der Waals surface area (Å²) in [5.41, 5.74) is 1.58. The molecule has 1 atom stereocenters. The maximum Gasteiger partial charge on any atom is 0.263 e. The van der Waals surface area contributed by atoms with E-state index < -0.39 is 26.7 Å². The monoisotopic (exact) mass is 438 g/mol. The van der Waals surface area contributed by atoms with Gasteiger partial charge in [0.05, 0.1) is 4.90 Å². The Kier molecular flexibility index (Phi) is 7.96. The molecule has 2 rings (SSSR count). The molecule has 1 aromatic rings. The fraction of sp³-hybridized carbons (Fsp3) is 0.421. The SMILES string of the molecule is CC1(C)SCCN(S(=O)(=O)c2ccc(OCC#CC#CCO)cc2)[C@H]1C(=O)NO. The van der Waals surface area contributed by atoms with Crippen molar-refractivity contribution in [2.45, 2.75) is 29.5 Å². The summed E-state index contributed by atoms with van der Waals surface area (Å²) in [5, 5.41) is 17.6. The summed E-state index contributed by atoms with van der Waals surface area (Å²) in [6.45, 7) is 3.48. The third kappa shape index (κ3) is 5.66. The Morgan fingerprint density at radius 1 is 1.31 bits per heavy atom. The fourth-order valence-corrected chi connectivity index (χ4v) is 5.95. The molecule has 0 saturated carbocycles. The molecule has 0 unspecified atom stereocenters. The molecular formula is C19H22N2O6S2. The van der Waals surface area contributed by atoms with Crippen LogP contribution in [0.2, 0.25) is 0 Å². The quantitative estimate of drug-likeness (QED) is 0.347. The lowest BCUT2D eigenvalue weighted by atomic mass is 10.0. The Bertz CT molecular complexity index is 952. The number of hydrogen-bond donors (Lipinski definition) is 3. The molecule has 0 aromatic heterocycles. The molecule has 29 heavy (non-hydrogen) atoms. The molecule has 1 heterocycles. The van der Waals surface area contributed by atoms with Gasteiger partial charge < -0.3 is 9.84 Å². The first-order valence-corrected chi connectivity index (χ1v) is 11.1. The van der Waals surface area contributed by atoms with E-state index in [1.54, 1.807) is 19.3 Å². The molecule has 1 saturated heterocycles. The van der Waals surface area contributed by atoms with Crippen molar-refractivity contribution in [3.8, 4) is 29.4 Å². The fourth-order valence-electron chi connectivity index (χ4n) is 2.85. The average molecular weight is 439 g/mol. The molecule has 1 fully saturated rings. The minimum absolute atomic E-state index is 0.0168. The number of hydrogen-bond acceptors (Lipinski definition) is 7. The van der Waals surface area contributed by atoms with Crippen LogP contribution in [0.15, 0.2) is 29.2 Å². The van der Waals surface area contributed by atoms with Crippen molar-refractivity contribution in [3.05, 3.63) is 24.3 Å². The van der Waals surface area contributed by atoms with Gasteiger partial charge >= 0.3 is 0 Å². The predicted octanol–water partition coefficient (Wildman–Crippen LogP) is 0.455. The number of rotatable bonds is 5.